The number of terminal acetylenes is 5. The lowest BCUT2D eigenvalue weighted by Crippen LogP contribution is -2.27. The Hall–Kier alpha value is -18.4. The predicted octanol–water partition coefficient (Wildman–Crippen LogP) is 18.5. The van der Waals surface area contributed by atoms with Crippen molar-refractivity contribution >= 4 is 58.0 Å². The van der Waals surface area contributed by atoms with E-state index in [1.54, 1.807) is 142 Å². The highest BCUT2D eigenvalue weighted by molar-refractivity contribution is 6.20. The summed E-state index contributed by atoms with van der Waals surface area (Å²) in [4.78, 5) is 112. The Morgan fingerprint density at radius 2 is 0.597 bits per heavy atom. The second-order valence-electron chi connectivity index (χ2n) is 34.9. The standard InChI is InChI=1S/C24H19FN4O.C23H17FN4O.2C23H19FN4O.C22H16FN3O/c1-3-15-8-11-20-18(12-15)21(17-6-4-5-7-19(17)25)27-14(2)23-22(26-13-29(20)23)24(30)28-16-9-10-16;1-3-15-8-9-19-17(12-15)20(16-6-4-5-7-18(16)24)26-14(2)22-21(25-13-28(19)22)23(29)27-10-11-27;1-5-15-10-11-19-17(12-15)20(16-8-6-7-9-18(16)24)26-14(2)22-21(23(29)27(3)4)25-13-28(19)22;1-4-15-10-11-19-17(12-15)20(16-8-6-7-9-18(16)24)27-14(3)22-21(23(29)25-5-2)26-13-28(19)22;1-4-15-9-10-19-17(11-15)21(16-7-5-6-8-18(16)23)25-13(2)22-20(14(3)27)24-12-26(19)22/h1,4-8,11-14,16H,9-10H2,2H3,(H,28,30);1,4-9,12-14H,10-11H2,2H3;1,6-14H,2-4H3;1,6-14H,5H2,2-3H3,(H,25,29);1,5-13H,2-3H3/t4*14-;13-/m11111/s1. The molecule has 10 aromatic carbocycles. The second kappa shape index (κ2) is 40.2. The Morgan fingerprint density at radius 1 is 0.347 bits per heavy atom. The number of rotatable bonds is 12. The molecule has 0 bridgehead atoms. The first-order valence-corrected chi connectivity index (χ1v) is 46.3. The predicted molar refractivity (Wildman–Crippen MR) is 542 cm³/mol. The second-order valence-corrected chi connectivity index (χ2v) is 34.9. The van der Waals surface area contributed by atoms with Gasteiger partial charge < -0.3 is 20.4 Å². The number of aliphatic imine (C=N–C) groups is 5. The molecule has 24 nitrogen and oxygen atoms in total. The number of ketones is 1. The SMILES string of the molecule is C#Cc1ccc2c(c1)C(c1ccccc1F)=N[C@H](C)c1c(C(=O)N(C)C)ncn1-2.C#Cc1ccc2c(c1)C(c1ccccc1F)=N[C@H](C)c1c(C(=O)N3CC3)ncn1-2.C#Cc1ccc2c(c1)C(c1ccccc1F)=N[C@H](C)c1c(C(=O)NC3CC3)ncn1-2.C#Cc1ccc2c(c1)C(c1ccccc1F)=N[C@H](C)c1c(C(=O)NCC)ncn1-2.C#Cc1ccc2c(c1)C(c1ccccc1F)=N[C@H](C)c1c(C(C)=O)ncn1-2. The van der Waals surface area contributed by atoms with Gasteiger partial charge in [0.05, 0.1) is 116 Å². The number of fused-ring (bicyclic) bond motifs is 15. The Balaban J connectivity index is 0.000000118. The summed E-state index contributed by atoms with van der Waals surface area (Å²) in [6.45, 7) is 14.7. The van der Waals surface area contributed by atoms with Crippen molar-refractivity contribution in [2.45, 2.75) is 97.6 Å². The van der Waals surface area contributed by atoms with Gasteiger partial charge in [-0.25, -0.2) is 46.9 Å². The zero-order valence-corrected chi connectivity index (χ0v) is 79.5. The van der Waals surface area contributed by atoms with Gasteiger partial charge in [0.25, 0.3) is 23.6 Å². The van der Waals surface area contributed by atoms with Crippen LogP contribution in [0.2, 0.25) is 0 Å². The molecule has 5 aromatic heterocycles. The fraction of sp³-hybridized carbons (Fsp3) is 0.174. The average Bonchev–Trinajstić information content (AvgIpc) is 1.61. The van der Waals surface area contributed by atoms with Crippen molar-refractivity contribution in [2.24, 2.45) is 25.0 Å². The smallest absolute Gasteiger partial charge is 0.274 e. The van der Waals surface area contributed by atoms with E-state index in [1.807, 2.05) is 155 Å². The van der Waals surface area contributed by atoms with Crippen molar-refractivity contribution in [3.8, 4) is 90.2 Å². The fourth-order valence-electron chi connectivity index (χ4n) is 18.1. The molecule has 11 heterocycles. The molecule has 0 radical (unpaired) electrons. The highest BCUT2D eigenvalue weighted by Gasteiger charge is 2.39. The number of nitrogens with zero attached hydrogens (tertiary/aromatic N) is 17. The van der Waals surface area contributed by atoms with Crippen molar-refractivity contribution in [2.75, 3.05) is 33.7 Å². The number of hydrogen-bond donors (Lipinski definition) is 2. The maximum Gasteiger partial charge on any atom is 0.274 e. The Morgan fingerprint density at radius 3 is 0.854 bits per heavy atom. The molecule has 710 valence electrons. The summed E-state index contributed by atoms with van der Waals surface area (Å²) in [5.74, 6) is 10.4. The highest BCUT2D eigenvalue weighted by Crippen LogP contribution is 2.42. The summed E-state index contributed by atoms with van der Waals surface area (Å²) in [6, 6.07) is 58.2. The van der Waals surface area contributed by atoms with E-state index in [-0.39, 0.29) is 70.6 Å². The van der Waals surface area contributed by atoms with E-state index in [1.165, 1.54) is 42.2 Å². The maximum atomic E-state index is 14.7. The Kier molecular flexibility index (Phi) is 26.8. The first-order chi connectivity index (χ1) is 69.6. The normalized spacial score (nSPS) is 15.8. The maximum absolute atomic E-state index is 14.7. The molecule has 2 N–H and O–H groups in total. The van der Waals surface area contributed by atoms with Gasteiger partial charge in [0.2, 0.25) is 0 Å². The van der Waals surface area contributed by atoms with Crippen molar-refractivity contribution < 1.29 is 45.9 Å². The summed E-state index contributed by atoms with van der Waals surface area (Å²) in [5.41, 5.74) is 20.2. The van der Waals surface area contributed by atoms with Crippen molar-refractivity contribution in [3.05, 3.63) is 413 Å². The quantitative estimate of drug-likeness (QED) is 0.0505. The molecule has 22 rings (SSSR count). The molecule has 2 fully saturated rings. The first-order valence-electron chi connectivity index (χ1n) is 46.3. The largest absolute Gasteiger partial charge is 0.351 e. The minimum atomic E-state index is -0.425. The van der Waals surface area contributed by atoms with Crippen LogP contribution < -0.4 is 10.6 Å². The van der Waals surface area contributed by atoms with Gasteiger partial charge in [0.1, 0.15) is 66.4 Å². The van der Waals surface area contributed by atoms with Crippen LogP contribution in [0.4, 0.5) is 22.0 Å². The lowest BCUT2D eigenvalue weighted by molar-refractivity contribution is 0.0819. The number of imidazole rings is 5. The third kappa shape index (κ3) is 18.4. The minimum Gasteiger partial charge on any atom is -0.351 e. The molecule has 29 heteroatoms. The molecule has 1 saturated heterocycles. The van der Waals surface area contributed by atoms with Gasteiger partial charge in [-0.15, -0.1) is 32.1 Å². The van der Waals surface area contributed by atoms with E-state index < -0.39 is 24.2 Å². The van der Waals surface area contributed by atoms with Gasteiger partial charge >= 0.3 is 0 Å². The van der Waals surface area contributed by atoms with Crippen LogP contribution in [0.5, 0.6) is 0 Å². The molecule has 4 amide bonds. The van der Waals surface area contributed by atoms with E-state index in [9.17, 15) is 45.9 Å². The average molecular weight is 1910 g/mol. The molecular weight excluding hydrogens is 1820 g/mol. The number of carbonyl (C=O) groups is 5. The van der Waals surface area contributed by atoms with E-state index in [0.717, 1.165) is 54.4 Å². The topological polar surface area (TPSA) is 267 Å². The minimum absolute atomic E-state index is 0.100. The van der Waals surface area contributed by atoms with E-state index in [2.05, 4.69) is 65.2 Å². The number of carbonyl (C=O) groups excluding carboxylic acids is 5. The zero-order chi connectivity index (χ0) is 101. The first kappa shape index (κ1) is 95.9. The third-order valence-electron chi connectivity index (χ3n) is 25.2. The van der Waals surface area contributed by atoms with Crippen LogP contribution in [0.1, 0.15) is 256 Å². The van der Waals surface area contributed by atoms with Crippen molar-refractivity contribution in [3.63, 3.8) is 0 Å². The fourth-order valence-corrected chi connectivity index (χ4v) is 18.1. The van der Waals surface area contributed by atoms with Gasteiger partial charge in [-0.05, 0) is 206 Å². The van der Waals surface area contributed by atoms with Crippen LogP contribution >= 0.6 is 0 Å². The monoisotopic (exact) mass is 1910 g/mol. The molecule has 6 aliphatic heterocycles. The van der Waals surface area contributed by atoms with E-state index in [4.69, 9.17) is 57.1 Å². The lowest BCUT2D eigenvalue weighted by atomic mass is 9.98. The van der Waals surface area contributed by atoms with Gasteiger partial charge in [0, 0.05) is 130 Å². The van der Waals surface area contributed by atoms with Crippen LogP contribution in [0.25, 0.3) is 28.4 Å². The van der Waals surface area contributed by atoms with Gasteiger partial charge in [0.15, 0.2) is 28.6 Å². The molecule has 144 heavy (non-hydrogen) atoms. The van der Waals surface area contributed by atoms with Crippen LogP contribution in [0.15, 0.2) is 269 Å². The van der Waals surface area contributed by atoms with Gasteiger partial charge in [-0.2, -0.15) is 0 Å². The Bertz CT molecular complexity index is 8030. The van der Waals surface area contributed by atoms with E-state index >= 15 is 0 Å². The summed E-state index contributed by atoms with van der Waals surface area (Å²) >= 11 is 0. The number of Topliss-reactive ketones (excluding diaryl/α,β-unsaturated/α-hetero) is 1. The number of hydrogen-bond acceptors (Lipinski definition) is 15. The molecule has 15 aromatic rings. The molecular formula is C115H90F5N19O5. The zero-order valence-electron chi connectivity index (χ0n) is 79.5. The van der Waals surface area contributed by atoms with Gasteiger partial charge in [-0.1, -0.05) is 90.3 Å². The number of aromatic nitrogens is 10. The summed E-state index contributed by atoms with van der Waals surface area (Å²) in [7, 11) is 3.35. The van der Waals surface area contributed by atoms with Crippen LogP contribution in [-0.4, -0.2) is 155 Å². The van der Waals surface area contributed by atoms with Crippen molar-refractivity contribution in [1.29, 1.82) is 0 Å². The third-order valence-corrected chi connectivity index (χ3v) is 25.2. The Labute approximate surface area is 827 Å². The molecule has 0 unspecified atom stereocenters. The number of halogens is 5. The number of amides is 4. The summed E-state index contributed by atoms with van der Waals surface area (Å²) in [6.07, 6.45) is 38.1. The molecule has 0 spiro atoms. The molecule has 7 aliphatic rings. The summed E-state index contributed by atoms with van der Waals surface area (Å²) < 4.78 is 82.6. The molecule has 1 aliphatic carbocycles. The number of benzene rings is 10. The molecule has 5 atom stereocenters. The molecule has 1 saturated carbocycles. The van der Waals surface area contributed by atoms with Crippen LogP contribution in [0, 0.1) is 90.8 Å². The highest BCUT2D eigenvalue weighted by atomic mass is 19.1. The van der Waals surface area contributed by atoms with Gasteiger partial charge in [-0.3, -0.25) is 71.8 Å². The van der Waals surface area contributed by atoms with E-state index in [0.29, 0.717) is 175 Å². The van der Waals surface area contributed by atoms with Crippen LogP contribution in [-0.2, 0) is 0 Å². The lowest BCUT2D eigenvalue weighted by Gasteiger charge is -2.14. The number of nitrogens with one attached hydrogen (secondary N) is 2. The van der Waals surface area contributed by atoms with Crippen LogP contribution in [0.3, 0.4) is 0 Å². The van der Waals surface area contributed by atoms with Crippen molar-refractivity contribution in [1.82, 2.24) is 68.2 Å². The summed E-state index contributed by atoms with van der Waals surface area (Å²) in [5, 5.41) is 5.78.